The van der Waals surface area contributed by atoms with Crippen LogP contribution < -0.4 is 4.74 Å². The van der Waals surface area contributed by atoms with E-state index in [-0.39, 0.29) is 16.7 Å². The minimum absolute atomic E-state index is 0.0706. The highest BCUT2D eigenvalue weighted by Crippen LogP contribution is 2.35. The Hall–Kier alpha value is -1.88. The van der Waals surface area contributed by atoms with Crippen molar-refractivity contribution in [3.05, 3.63) is 40.0 Å². The Balaban J connectivity index is 1.83. The van der Waals surface area contributed by atoms with Gasteiger partial charge in [-0.3, -0.25) is 10.1 Å². The largest absolute Gasteiger partial charge is 0.483 e. The van der Waals surface area contributed by atoms with Crippen molar-refractivity contribution in [3.8, 4) is 5.75 Å². The van der Waals surface area contributed by atoms with Gasteiger partial charge in [-0.2, -0.15) is 0 Å². The Kier molecular flexibility index (Phi) is 4.43. The van der Waals surface area contributed by atoms with Crippen molar-refractivity contribution < 1.29 is 9.66 Å². The molecular formula is C17H22N2O3. The van der Waals surface area contributed by atoms with Crippen LogP contribution in [0.4, 0.5) is 5.69 Å². The van der Waals surface area contributed by atoms with Gasteiger partial charge in [0.2, 0.25) is 0 Å². The molecule has 1 aromatic carbocycles. The molecule has 5 nitrogen and oxygen atoms in total. The quantitative estimate of drug-likeness (QED) is 0.629. The van der Waals surface area contributed by atoms with Crippen LogP contribution in [0.25, 0.3) is 5.57 Å². The summed E-state index contributed by atoms with van der Waals surface area (Å²) in [6.45, 7) is 1.95. The first-order valence-electron chi connectivity index (χ1n) is 7.96. The van der Waals surface area contributed by atoms with Gasteiger partial charge in [0, 0.05) is 19.2 Å². The number of ether oxygens (including phenoxy) is 1. The maximum Gasteiger partial charge on any atom is 0.310 e. The molecule has 0 aromatic heterocycles. The Morgan fingerprint density at radius 2 is 2.09 bits per heavy atom. The standard InChI is InChI=1S/C17H22N2O3/c1-18-10-8-15(9-11-18)22-17-12-14(13-4-2-3-5-13)6-7-16(17)19(20)21/h4,6-7,12,15H,2-3,5,8-11H2,1H3. The van der Waals surface area contributed by atoms with Gasteiger partial charge in [0.15, 0.2) is 5.75 Å². The number of nitrogens with zero attached hydrogens (tertiary/aromatic N) is 2. The van der Waals surface area contributed by atoms with Crippen molar-refractivity contribution in [3.63, 3.8) is 0 Å². The van der Waals surface area contributed by atoms with Gasteiger partial charge in [0.25, 0.3) is 0 Å². The molecule has 22 heavy (non-hydrogen) atoms. The summed E-state index contributed by atoms with van der Waals surface area (Å²) in [7, 11) is 2.09. The second-order valence-electron chi connectivity index (χ2n) is 6.18. The van der Waals surface area contributed by atoms with Gasteiger partial charge in [0.1, 0.15) is 6.10 Å². The first kappa shape index (κ1) is 15.0. The van der Waals surface area contributed by atoms with E-state index in [1.54, 1.807) is 6.07 Å². The Morgan fingerprint density at radius 1 is 1.32 bits per heavy atom. The highest BCUT2D eigenvalue weighted by Gasteiger charge is 2.23. The maximum atomic E-state index is 11.3. The molecule has 0 unspecified atom stereocenters. The summed E-state index contributed by atoms with van der Waals surface area (Å²) in [5.41, 5.74) is 2.41. The molecule has 1 aliphatic heterocycles. The van der Waals surface area contributed by atoms with Crippen LogP contribution in [0.2, 0.25) is 0 Å². The summed E-state index contributed by atoms with van der Waals surface area (Å²) in [6.07, 6.45) is 7.44. The highest BCUT2D eigenvalue weighted by atomic mass is 16.6. The monoisotopic (exact) mass is 302 g/mol. The van der Waals surface area contributed by atoms with Crippen LogP contribution in [-0.2, 0) is 0 Å². The molecule has 0 spiro atoms. The molecular weight excluding hydrogens is 280 g/mol. The fourth-order valence-electron chi connectivity index (χ4n) is 3.17. The number of allylic oxidation sites excluding steroid dienone is 2. The summed E-state index contributed by atoms with van der Waals surface area (Å²) in [5.74, 6) is 0.421. The van der Waals surface area contributed by atoms with Gasteiger partial charge < -0.3 is 9.64 Å². The number of hydrogen-bond donors (Lipinski definition) is 0. The third-order valence-electron chi connectivity index (χ3n) is 4.53. The molecule has 0 bridgehead atoms. The summed E-state index contributed by atoms with van der Waals surface area (Å²) in [5, 5.41) is 11.3. The SMILES string of the molecule is CN1CCC(Oc2cc(C3=CCCC3)ccc2[N+](=O)[O-])CC1. The van der Waals surface area contributed by atoms with Crippen molar-refractivity contribution in [2.45, 2.75) is 38.2 Å². The molecule has 0 N–H and O–H groups in total. The summed E-state index contributed by atoms with van der Waals surface area (Å²) >= 11 is 0. The van der Waals surface area contributed by atoms with Crippen molar-refractivity contribution in [1.82, 2.24) is 4.90 Å². The average Bonchev–Trinajstić information content (AvgIpc) is 3.03. The molecule has 0 radical (unpaired) electrons. The van der Waals surface area contributed by atoms with E-state index in [1.165, 1.54) is 5.57 Å². The Morgan fingerprint density at radius 3 is 2.73 bits per heavy atom. The van der Waals surface area contributed by atoms with E-state index in [2.05, 4.69) is 18.0 Å². The molecule has 1 aromatic rings. The van der Waals surface area contributed by atoms with Gasteiger partial charge in [-0.1, -0.05) is 6.08 Å². The zero-order chi connectivity index (χ0) is 15.5. The van der Waals surface area contributed by atoms with Crippen LogP contribution in [0.15, 0.2) is 24.3 Å². The van der Waals surface area contributed by atoms with Crippen LogP contribution >= 0.6 is 0 Å². The summed E-state index contributed by atoms with van der Waals surface area (Å²) in [6, 6.07) is 5.28. The smallest absolute Gasteiger partial charge is 0.310 e. The molecule has 1 aliphatic carbocycles. The Bertz CT molecular complexity index is 590. The lowest BCUT2D eigenvalue weighted by molar-refractivity contribution is -0.386. The second-order valence-corrected chi connectivity index (χ2v) is 6.18. The van der Waals surface area contributed by atoms with E-state index < -0.39 is 0 Å². The summed E-state index contributed by atoms with van der Waals surface area (Å²) < 4.78 is 6.00. The minimum atomic E-state index is -0.350. The average molecular weight is 302 g/mol. The number of benzene rings is 1. The van der Waals surface area contributed by atoms with Crippen molar-refractivity contribution in [1.29, 1.82) is 0 Å². The molecule has 1 fully saturated rings. The molecule has 5 heteroatoms. The van der Waals surface area contributed by atoms with Crippen LogP contribution in [0.3, 0.4) is 0 Å². The lowest BCUT2D eigenvalue weighted by Gasteiger charge is -2.29. The number of likely N-dealkylation sites (tertiary alicyclic amines) is 1. The molecule has 0 saturated carbocycles. The van der Waals surface area contributed by atoms with Crippen molar-refractivity contribution in [2.75, 3.05) is 20.1 Å². The topological polar surface area (TPSA) is 55.6 Å². The Labute approximate surface area is 130 Å². The van der Waals surface area contributed by atoms with Gasteiger partial charge in [0.05, 0.1) is 4.92 Å². The number of rotatable bonds is 4. The maximum absolute atomic E-state index is 11.3. The second kappa shape index (κ2) is 6.48. The highest BCUT2D eigenvalue weighted by molar-refractivity contribution is 5.70. The van der Waals surface area contributed by atoms with Gasteiger partial charge in [-0.05, 0) is 62.4 Å². The van der Waals surface area contributed by atoms with Crippen molar-refractivity contribution >= 4 is 11.3 Å². The van der Waals surface area contributed by atoms with Gasteiger partial charge in [-0.25, -0.2) is 0 Å². The van der Waals surface area contributed by atoms with E-state index >= 15 is 0 Å². The first-order chi connectivity index (χ1) is 10.6. The zero-order valence-corrected chi connectivity index (χ0v) is 13.0. The number of piperidine rings is 1. The molecule has 1 heterocycles. The third-order valence-corrected chi connectivity index (χ3v) is 4.53. The number of hydrogen-bond acceptors (Lipinski definition) is 4. The van der Waals surface area contributed by atoms with Crippen LogP contribution in [0.1, 0.15) is 37.7 Å². The van der Waals surface area contributed by atoms with Crippen molar-refractivity contribution in [2.24, 2.45) is 0 Å². The molecule has 3 rings (SSSR count). The number of nitro benzene ring substituents is 1. The molecule has 1 saturated heterocycles. The van der Waals surface area contributed by atoms with Gasteiger partial charge in [-0.15, -0.1) is 0 Å². The van der Waals surface area contributed by atoms with E-state index in [0.29, 0.717) is 5.75 Å². The van der Waals surface area contributed by atoms with Crippen LogP contribution in [-0.4, -0.2) is 36.1 Å². The lowest BCUT2D eigenvalue weighted by atomic mass is 10.0. The zero-order valence-electron chi connectivity index (χ0n) is 13.0. The van der Waals surface area contributed by atoms with E-state index in [0.717, 1.165) is 50.8 Å². The fraction of sp³-hybridized carbons (Fsp3) is 0.529. The predicted octanol–water partition coefficient (Wildman–Crippen LogP) is 3.64. The molecule has 2 aliphatic rings. The molecule has 0 amide bonds. The van der Waals surface area contributed by atoms with Gasteiger partial charge >= 0.3 is 5.69 Å². The fourth-order valence-corrected chi connectivity index (χ4v) is 3.17. The van der Waals surface area contributed by atoms with E-state index in [1.807, 2.05) is 12.1 Å². The summed E-state index contributed by atoms with van der Waals surface area (Å²) in [4.78, 5) is 13.2. The molecule has 0 atom stereocenters. The first-order valence-corrected chi connectivity index (χ1v) is 7.96. The van der Waals surface area contributed by atoms with E-state index in [9.17, 15) is 10.1 Å². The van der Waals surface area contributed by atoms with E-state index in [4.69, 9.17) is 4.74 Å². The normalized spacial score (nSPS) is 20.0. The third kappa shape index (κ3) is 3.30. The lowest BCUT2D eigenvalue weighted by Crippen LogP contribution is -2.35. The number of nitro groups is 1. The molecule has 118 valence electrons. The minimum Gasteiger partial charge on any atom is -0.483 e. The van der Waals surface area contributed by atoms with Crippen LogP contribution in [0.5, 0.6) is 5.75 Å². The predicted molar refractivity (Wildman–Crippen MR) is 86.1 cm³/mol. The van der Waals surface area contributed by atoms with Crippen LogP contribution in [0, 0.1) is 10.1 Å².